The van der Waals surface area contributed by atoms with Crippen LogP contribution in [0.4, 0.5) is 0 Å². The lowest BCUT2D eigenvalue weighted by atomic mass is 9.92. The molecule has 0 spiro atoms. The first-order valence-electron chi connectivity index (χ1n) is 6.42. The third kappa shape index (κ3) is 3.66. The Bertz CT molecular complexity index is 569. The molecule has 2 rings (SSSR count). The summed E-state index contributed by atoms with van der Waals surface area (Å²) in [5.74, 6) is 1.04. The highest BCUT2D eigenvalue weighted by Gasteiger charge is 2.14. The summed E-state index contributed by atoms with van der Waals surface area (Å²) in [5, 5.41) is 1.43. The van der Waals surface area contributed by atoms with Crippen LogP contribution in [0.1, 0.15) is 17.0 Å². The molecule has 0 bridgehead atoms. The van der Waals surface area contributed by atoms with Crippen molar-refractivity contribution in [3.8, 4) is 5.75 Å². The monoisotopic (exact) mass is 309 g/mol. The first-order chi connectivity index (χ1) is 9.63. The maximum absolute atomic E-state index is 6.06. The van der Waals surface area contributed by atoms with Gasteiger partial charge in [-0.2, -0.15) is 0 Å². The molecule has 0 aliphatic carbocycles. The fraction of sp³-hybridized carbons (Fsp3) is 0.250. The number of rotatable bonds is 5. The Kier molecular flexibility index (Phi) is 5.30. The molecule has 0 fully saturated rings. The van der Waals surface area contributed by atoms with Crippen molar-refractivity contribution in [2.45, 2.75) is 12.3 Å². The van der Waals surface area contributed by atoms with Crippen LogP contribution in [0, 0.1) is 0 Å². The molecule has 1 unspecified atom stereocenters. The van der Waals surface area contributed by atoms with Gasteiger partial charge in [-0.3, -0.25) is 0 Å². The van der Waals surface area contributed by atoms with Crippen molar-refractivity contribution in [3.63, 3.8) is 0 Å². The summed E-state index contributed by atoms with van der Waals surface area (Å²) >= 11 is 12.0. The molecule has 0 aliphatic heterocycles. The van der Waals surface area contributed by atoms with E-state index in [1.807, 2.05) is 42.5 Å². The largest absolute Gasteiger partial charge is 0.496 e. The molecule has 4 heteroatoms. The Labute approximate surface area is 129 Å². The third-order valence-corrected chi connectivity index (χ3v) is 3.82. The number of hydrogen-bond donors (Lipinski definition) is 1. The quantitative estimate of drug-likeness (QED) is 0.894. The van der Waals surface area contributed by atoms with Crippen molar-refractivity contribution in [1.82, 2.24) is 0 Å². The van der Waals surface area contributed by atoms with Crippen LogP contribution >= 0.6 is 23.2 Å². The number of benzene rings is 2. The van der Waals surface area contributed by atoms with E-state index in [4.69, 9.17) is 33.7 Å². The number of halogens is 2. The summed E-state index contributed by atoms with van der Waals surface area (Å²) < 4.78 is 5.38. The van der Waals surface area contributed by atoms with Crippen LogP contribution in [-0.2, 0) is 6.42 Å². The molecule has 1 atom stereocenters. The normalized spacial score (nSPS) is 12.2. The van der Waals surface area contributed by atoms with Crippen molar-refractivity contribution in [2.24, 2.45) is 5.73 Å². The molecule has 2 N–H and O–H groups in total. The zero-order valence-electron chi connectivity index (χ0n) is 11.3. The Hall–Kier alpha value is -1.22. The lowest BCUT2D eigenvalue weighted by Gasteiger charge is -2.17. The fourth-order valence-electron chi connectivity index (χ4n) is 2.24. The molecule has 0 radical (unpaired) electrons. The van der Waals surface area contributed by atoms with Gasteiger partial charge in [0.05, 0.1) is 7.11 Å². The second-order valence-electron chi connectivity index (χ2n) is 4.64. The Balaban J connectivity index is 2.26. The zero-order chi connectivity index (χ0) is 14.5. The van der Waals surface area contributed by atoms with E-state index >= 15 is 0 Å². The summed E-state index contributed by atoms with van der Waals surface area (Å²) in [6.07, 6.45) is 0.780. The fourth-order valence-corrected chi connectivity index (χ4v) is 2.57. The summed E-state index contributed by atoms with van der Waals surface area (Å²) in [5.41, 5.74) is 8.14. The molecule has 2 aromatic rings. The van der Waals surface area contributed by atoms with Crippen molar-refractivity contribution in [1.29, 1.82) is 0 Å². The van der Waals surface area contributed by atoms with Gasteiger partial charge < -0.3 is 10.5 Å². The van der Waals surface area contributed by atoms with Gasteiger partial charge in [-0.25, -0.2) is 0 Å². The van der Waals surface area contributed by atoms with Gasteiger partial charge in [0.15, 0.2) is 0 Å². The second kappa shape index (κ2) is 6.98. The highest BCUT2D eigenvalue weighted by Crippen LogP contribution is 2.29. The first kappa shape index (κ1) is 15.2. The molecule has 106 valence electrons. The maximum Gasteiger partial charge on any atom is 0.122 e. The van der Waals surface area contributed by atoms with E-state index in [2.05, 4.69) is 0 Å². The van der Waals surface area contributed by atoms with Crippen molar-refractivity contribution < 1.29 is 4.74 Å². The molecule has 2 nitrogen and oxygen atoms in total. The average Bonchev–Trinajstić information content (AvgIpc) is 2.46. The molecule has 0 saturated heterocycles. The molecule has 0 saturated carbocycles. The SMILES string of the molecule is COc1ccc(Cl)cc1CC(CN)c1ccc(Cl)cc1. The van der Waals surface area contributed by atoms with Gasteiger partial charge in [0.25, 0.3) is 0 Å². The van der Waals surface area contributed by atoms with Crippen LogP contribution in [-0.4, -0.2) is 13.7 Å². The molecule has 0 heterocycles. The lowest BCUT2D eigenvalue weighted by Crippen LogP contribution is -2.15. The van der Waals surface area contributed by atoms with E-state index in [1.165, 1.54) is 5.56 Å². The maximum atomic E-state index is 6.06. The lowest BCUT2D eigenvalue weighted by molar-refractivity contribution is 0.408. The van der Waals surface area contributed by atoms with E-state index < -0.39 is 0 Å². The van der Waals surface area contributed by atoms with Gasteiger partial charge in [0.2, 0.25) is 0 Å². The Morgan fingerprint density at radius 1 is 1.05 bits per heavy atom. The zero-order valence-corrected chi connectivity index (χ0v) is 12.8. The van der Waals surface area contributed by atoms with Gasteiger partial charge in [-0.15, -0.1) is 0 Å². The van der Waals surface area contributed by atoms with E-state index in [0.29, 0.717) is 11.6 Å². The minimum absolute atomic E-state index is 0.208. The van der Waals surface area contributed by atoms with Crippen LogP contribution < -0.4 is 10.5 Å². The second-order valence-corrected chi connectivity index (χ2v) is 5.52. The number of nitrogens with two attached hydrogens (primary N) is 1. The summed E-state index contributed by atoms with van der Waals surface area (Å²) in [7, 11) is 1.66. The minimum Gasteiger partial charge on any atom is -0.496 e. The standard InChI is InChI=1S/C16H17Cl2NO/c1-20-16-7-6-15(18)9-12(16)8-13(10-19)11-2-4-14(17)5-3-11/h2-7,9,13H,8,10,19H2,1H3. The number of ether oxygens (including phenoxy) is 1. The summed E-state index contributed by atoms with van der Waals surface area (Å²) in [6.45, 7) is 0.553. The van der Waals surface area contributed by atoms with Gasteiger partial charge in [-0.05, 0) is 54.4 Å². The van der Waals surface area contributed by atoms with Crippen LogP contribution in [0.2, 0.25) is 10.0 Å². The van der Waals surface area contributed by atoms with Gasteiger partial charge >= 0.3 is 0 Å². The number of methoxy groups -OCH3 is 1. The molecule has 0 amide bonds. The average molecular weight is 310 g/mol. The third-order valence-electron chi connectivity index (χ3n) is 3.33. The predicted molar refractivity (Wildman–Crippen MR) is 85.0 cm³/mol. The summed E-state index contributed by atoms with van der Waals surface area (Å²) in [4.78, 5) is 0. The van der Waals surface area contributed by atoms with Crippen molar-refractivity contribution in [3.05, 3.63) is 63.6 Å². The highest BCUT2D eigenvalue weighted by molar-refractivity contribution is 6.30. The predicted octanol–water partition coefficient (Wildman–Crippen LogP) is 4.29. The number of hydrogen-bond acceptors (Lipinski definition) is 2. The summed E-state index contributed by atoms with van der Waals surface area (Å²) in [6, 6.07) is 13.4. The van der Waals surface area contributed by atoms with Crippen molar-refractivity contribution >= 4 is 23.2 Å². The van der Waals surface area contributed by atoms with Crippen LogP contribution in [0.15, 0.2) is 42.5 Å². The van der Waals surface area contributed by atoms with Crippen LogP contribution in [0.25, 0.3) is 0 Å². The molecule has 0 aliphatic rings. The highest BCUT2D eigenvalue weighted by atomic mass is 35.5. The topological polar surface area (TPSA) is 35.2 Å². The van der Waals surface area contributed by atoms with E-state index in [9.17, 15) is 0 Å². The molecule has 20 heavy (non-hydrogen) atoms. The Morgan fingerprint density at radius 2 is 1.70 bits per heavy atom. The minimum atomic E-state index is 0.208. The first-order valence-corrected chi connectivity index (χ1v) is 7.17. The van der Waals surface area contributed by atoms with E-state index in [0.717, 1.165) is 22.8 Å². The Morgan fingerprint density at radius 3 is 2.30 bits per heavy atom. The van der Waals surface area contributed by atoms with Crippen LogP contribution in [0.3, 0.4) is 0 Å². The van der Waals surface area contributed by atoms with Crippen molar-refractivity contribution in [2.75, 3.05) is 13.7 Å². The molecular formula is C16H17Cl2NO. The molecular weight excluding hydrogens is 293 g/mol. The molecule has 0 aromatic heterocycles. The van der Waals surface area contributed by atoms with E-state index in [-0.39, 0.29) is 5.92 Å². The van der Waals surface area contributed by atoms with Gasteiger partial charge in [0, 0.05) is 16.0 Å². The van der Waals surface area contributed by atoms with Gasteiger partial charge in [-0.1, -0.05) is 35.3 Å². The van der Waals surface area contributed by atoms with E-state index in [1.54, 1.807) is 7.11 Å². The molecule has 2 aromatic carbocycles. The smallest absolute Gasteiger partial charge is 0.122 e. The van der Waals surface area contributed by atoms with Gasteiger partial charge in [0.1, 0.15) is 5.75 Å². The van der Waals surface area contributed by atoms with Crippen LogP contribution in [0.5, 0.6) is 5.75 Å².